The molecule has 0 fully saturated rings. The molecular weight excluding hydrogens is 268 g/mol. The number of aryl methyl sites for hydroxylation is 1. The van der Waals surface area contributed by atoms with Crippen LogP contribution >= 0.6 is 0 Å². The fraction of sp³-hybridized carbons (Fsp3) is 0.188. The predicted molar refractivity (Wildman–Crippen MR) is 81.1 cm³/mol. The minimum atomic E-state index is -0.289. The summed E-state index contributed by atoms with van der Waals surface area (Å²) in [6.45, 7) is 4.20. The lowest BCUT2D eigenvalue weighted by molar-refractivity contribution is 0.174. The number of benzene rings is 2. The third-order valence-electron chi connectivity index (χ3n) is 3.48. The maximum absolute atomic E-state index is 12.1. The van der Waals surface area contributed by atoms with E-state index in [4.69, 9.17) is 9.47 Å². The predicted octanol–water partition coefficient (Wildman–Crippen LogP) is 3.68. The van der Waals surface area contributed by atoms with E-state index >= 15 is 0 Å². The minimum absolute atomic E-state index is 0.216. The zero-order chi connectivity index (χ0) is 14.8. The normalized spacial score (nSPS) is 12.1. The highest BCUT2D eigenvalue weighted by atomic mass is 16.7. The van der Waals surface area contributed by atoms with E-state index in [1.807, 2.05) is 32.0 Å². The highest BCUT2D eigenvalue weighted by Crippen LogP contribution is 2.34. The monoisotopic (exact) mass is 284 g/mol. The van der Waals surface area contributed by atoms with Crippen LogP contribution in [-0.2, 0) is 0 Å². The number of carbonyl (C=O) groups excluding carboxylic acids is 1. The van der Waals surface area contributed by atoms with Crippen molar-refractivity contribution in [2.75, 3.05) is 17.4 Å². The first-order chi connectivity index (χ1) is 10.1. The molecule has 108 valence electrons. The van der Waals surface area contributed by atoms with E-state index in [2.05, 4.69) is 10.6 Å². The van der Waals surface area contributed by atoms with E-state index in [-0.39, 0.29) is 12.8 Å². The van der Waals surface area contributed by atoms with Gasteiger partial charge in [0, 0.05) is 17.4 Å². The van der Waals surface area contributed by atoms with Crippen molar-refractivity contribution in [2.24, 2.45) is 0 Å². The van der Waals surface area contributed by atoms with Gasteiger partial charge >= 0.3 is 6.03 Å². The van der Waals surface area contributed by atoms with Crippen molar-refractivity contribution >= 4 is 17.4 Å². The van der Waals surface area contributed by atoms with Crippen LogP contribution in [-0.4, -0.2) is 12.8 Å². The molecule has 0 unspecified atom stereocenters. The number of rotatable bonds is 2. The van der Waals surface area contributed by atoms with Gasteiger partial charge in [0.05, 0.1) is 0 Å². The van der Waals surface area contributed by atoms with E-state index in [0.717, 1.165) is 16.8 Å². The summed E-state index contributed by atoms with van der Waals surface area (Å²) in [5, 5.41) is 5.63. The Morgan fingerprint density at radius 1 is 1.05 bits per heavy atom. The zero-order valence-corrected chi connectivity index (χ0v) is 11.9. The zero-order valence-electron chi connectivity index (χ0n) is 11.9. The molecule has 2 aromatic carbocycles. The Labute approximate surface area is 122 Å². The van der Waals surface area contributed by atoms with E-state index in [1.54, 1.807) is 18.2 Å². The average molecular weight is 284 g/mol. The van der Waals surface area contributed by atoms with E-state index in [9.17, 15) is 4.79 Å². The number of hydrogen-bond acceptors (Lipinski definition) is 3. The van der Waals surface area contributed by atoms with E-state index in [1.165, 1.54) is 0 Å². The Kier molecular flexibility index (Phi) is 3.39. The summed E-state index contributed by atoms with van der Waals surface area (Å²) in [4.78, 5) is 12.1. The molecule has 0 aliphatic carbocycles. The van der Waals surface area contributed by atoms with Gasteiger partial charge in [-0.05, 0) is 43.2 Å². The van der Waals surface area contributed by atoms with Crippen LogP contribution in [0.3, 0.4) is 0 Å². The summed E-state index contributed by atoms with van der Waals surface area (Å²) in [5.41, 5.74) is 3.64. The van der Waals surface area contributed by atoms with Crippen molar-refractivity contribution in [1.82, 2.24) is 0 Å². The molecule has 2 aromatic rings. The second kappa shape index (κ2) is 5.36. The van der Waals surface area contributed by atoms with Gasteiger partial charge in [-0.1, -0.05) is 12.1 Å². The maximum Gasteiger partial charge on any atom is 0.323 e. The molecule has 3 rings (SSSR count). The van der Waals surface area contributed by atoms with Crippen molar-refractivity contribution in [3.63, 3.8) is 0 Å². The Balaban J connectivity index is 1.70. The van der Waals surface area contributed by atoms with Crippen molar-refractivity contribution < 1.29 is 14.3 Å². The van der Waals surface area contributed by atoms with Crippen LogP contribution in [0.25, 0.3) is 0 Å². The summed E-state index contributed by atoms with van der Waals surface area (Å²) < 4.78 is 10.5. The van der Waals surface area contributed by atoms with Gasteiger partial charge in [0.2, 0.25) is 6.79 Å². The fourth-order valence-corrected chi connectivity index (χ4v) is 2.15. The Morgan fingerprint density at radius 2 is 1.86 bits per heavy atom. The smallest absolute Gasteiger partial charge is 0.323 e. The van der Waals surface area contributed by atoms with Crippen LogP contribution in [0.15, 0.2) is 36.4 Å². The van der Waals surface area contributed by atoms with Crippen LogP contribution in [0, 0.1) is 13.8 Å². The van der Waals surface area contributed by atoms with Gasteiger partial charge in [-0.25, -0.2) is 4.79 Å². The van der Waals surface area contributed by atoms with Crippen LogP contribution in [0.2, 0.25) is 0 Å². The van der Waals surface area contributed by atoms with Gasteiger partial charge < -0.3 is 20.1 Å². The fourth-order valence-electron chi connectivity index (χ4n) is 2.15. The lowest BCUT2D eigenvalue weighted by Gasteiger charge is -2.11. The first kappa shape index (κ1) is 13.3. The maximum atomic E-state index is 12.1. The molecule has 1 aliphatic rings. The molecule has 21 heavy (non-hydrogen) atoms. The molecule has 2 amide bonds. The minimum Gasteiger partial charge on any atom is -0.454 e. The summed E-state index contributed by atoms with van der Waals surface area (Å²) in [6.07, 6.45) is 0. The number of carbonyl (C=O) groups is 1. The third kappa shape index (κ3) is 2.76. The highest BCUT2D eigenvalue weighted by molar-refractivity contribution is 6.00. The molecule has 5 heteroatoms. The quantitative estimate of drug-likeness (QED) is 0.884. The lowest BCUT2D eigenvalue weighted by atomic mass is 10.1. The first-order valence-corrected chi connectivity index (χ1v) is 6.67. The van der Waals surface area contributed by atoms with Crippen molar-refractivity contribution in [3.05, 3.63) is 47.5 Å². The molecule has 0 aromatic heterocycles. The summed E-state index contributed by atoms with van der Waals surface area (Å²) in [5.74, 6) is 1.33. The summed E-state index contributed by atoms with van der Waals surface area (Å²) in [7, 11) is 0. The first-order valence-electron chi connectivity index (χ1n) is 6.67. The van der Waals surface area contributed by atoms with Gasteiger partial charge in [0.25, 0.3) is 0 Å². The molecule has 1 heterocycles. The number of hydrogen-bond donors (Lipinski definition) is 2. The molecule has 0 radical (unpaired) electrons. The van der Waals surface area contributed by atoms with Gasteiger partial charge in [-0.15, -0.1) is 0 Å². The molecule has 0 saturated carbocycles. The second-order valence-corrected chi connectivity index (χ2v) is 4.89. The van der Waals surface area contributed by atoms with Crippen molar-refractivity contribution in [1.29, 1.82) is 0 Å². The summed E-state index contributed by atoms with van der Waals surface area (Å²) >= 11 is 0. The van der Waals surface area contributed by atoms with Gasteiger partial charge in [-0.2, -0.15) is 0 Å². The summed E-state index contributed by atoms with van der Waals surface area (Å²) in [6, 6.07) is 10.8. The lowest BCUT2D eigenvalue weighted by Crippen LogP contribution is -2.20. The SMILES string of the molecule is Cc1cccc(NC(=O)Nc2ccc3c(c2)OCO3)c1C. The Bertz CT molecular complexity index is 698. The number of urea groups is 1. The largest absolute Gasteiger partial charge is 0.454 e. The number of anilines is 2. The van der Waals surface area contributed by atoms with E-state index < -0.39 is 0 Å². The number of amides is 2. The van der Waals surface area contributed by atoms with Crippen LogP contribution in [0.4, 0.5) is 16.2 Å². The Hall–Kier alpha value is -2.69. The molecule has 1 aliphatic heterocycles. The third-order valence-corrected chi connectivity index (χ3v) is 3.48. The molecule has 0 bridgehead atoms. The molecular formula is C16H16N2O3. The number of fused-ring (bicyclic) bond motifs is 1. The molecule has 0 atom stereocenters. The van der Waals surface area contributed by atoms with Crippen LogP contribution < -0.4 is 20.1 Å². The standard InChI is InChI=1S/C16H16N2O3/c1-10-4-3-5-13(11(10)2)18-16(19)17-12-6-7-14-15(8-12)21-9-20-14/h3-8H,9H2,1-2H3,(H2,17,18,19). The van der Waals surface area contributed by atoms with Gasteiger partial charge in [-0.3, -0.25) is 0 Å². The van der Waals surface area contributed by atoms with Crippen LogP contribution in [0.5, 0.6) is 11.5 Å². The Morgan fingerprint density at radius 3 is 2.71 bits per heavy atom. The number of ether oxygens (including phenoxy) is 2. The molecule has 0 spiro atoms. The number of nitrogens with one attached hydrogen (secondary N) is 2. The topological polar surface area (TPSA) is 59.6 Å². The van der Waals surface area contributed by atoms with Gasteiger partial charge in [0.15, 0.2) is 11.5 Å². The highest BCUT2D eigenvalue weighted by Gasteiger charge is 2.14. The second-order valence-electron chi connectivity index (χ2n) is 4.89. The molecule has 2 N–H and O–H groups in total. The average Bonchev–Trinajstić information content (AvgIpc) is 2.91. The van der Waals surface area contributed by atoms with Gasteiger partial charge in [0.1, 0.15) is 0 Å². The van der Waals surface area contributed by atoms with E-state index in [0.29, 0.717) is 17.2 Å². The van der Waals surface area contributed by atoms with Crippen LogP contribution in [0.1, 0.15) is 11.1 Å². The van der Waals surface area contributed by atoms with Crippen molar-refractivity contribution in [2.45, 2.75) is 13.8 Å². The van der Waals surface area contributed by atoms with Crippen molar-refractivity contribution in [3.8, 4) is 11.5 Å². The molecule has 0 saturated heterocycles. The molecule has 5 nitrogen and oxygen atoms in total.